The van der Waals surface area contributed by atoms with Crippen molar-refractivity contribution < 1.29 is 9.18 Å². The molecule has 0 fully saturated rings. The number of hydrogen-bond donors (Lipinski definition) is 1. The van der Waals surface area contributed by atoms with Gasteiger partial charge < -0.3 is 9.88 Å². The zero-order valence-corrected chi connectivity index (χ0v) is 16.2. The van der Waals surface area contributed by atoms with Gasteiger partial charge in [-0.25, -0.2) is 4.39 Å². The van der Waals surface area contributed by atoms with Gasteiger partial charge in [-0.1, -0.05) is 18.6 Å². The minimum absolute atomic E-state index is 0.164. The highest BCUT2D eigenvalue weighted by molar-refractivity contribution is 7.16. The first-order chi connectivity index (χ1) is 13.7. The highest BCUT2D eigenvalue weighted by atomic mass is 32.1. The molecule has 144 valence electrons. The van der Waals surface area contributed by atoms with Gasteiger partial charge in [-0.3, -0.25) is 4.79 Å². The average Bonchev–Trinajstić information content (AvgIpc) is 3.26. The molecule has 0 aliphatic carbocycles. The summed E-state index contributed by atoms with van der Waals surface area (Å²) in [7, 11) is 0. The number of thiophene rings is 1. The van der Waals surface area contributed by atoms with E-state index in [-0.39, 0.29) is 11.7 Å². The predicted molar refractivity (Wildman–Crippen MR) is 108 cm³/mol. The molecule has 7 heteroatoms. The summed E-state index contributed by atoms with van der Waals surface area (Å²) in [6.45, 7) is 1.30. The van der Waals surface area contributed by atoms with Crippen molar-refractivity contribution in [1.29, 1.82) is 0 Å². The minimum atomic E-state index is -0.248. The molecule has 3 heterocycles. The van der Waals surface area contributed by atoms with Crippen LogP contribution in [0.3, 0.4) is 0 Å². The largest absolute Gasteiger partial charge is 0.345 e. The molecule has 4 rings (SSSR count). The topological polar surface area (TPSA) is 59.8 Å². The van der Waals surface area contributed by atoms with Crippen LogP contribution in [0.1, 0.15) is 35.8 Å². The molecular formula is C21H21FN4OS. The summed E-state index contributed by atoms with van der Waals surface area (Å²) < 4.78 is 15.2. The number of rotatable bonds is 5. The van der Waals surface area contributed by atoms with E-state index >= 15 is 0 Å². The van der Waals surface area contributed by atoms with Gasteiger partial charge in [-0.2, -0.15) is 0 Å². The molecular weight excluding hydrogens is 375 g/mol. The second kappa shape index (κ2) is 8.48. The first-order valence-corrected chi connectivity index (χ1v) is 10.2. The van der Waals surface area contributed by atoms with E-state index in [0.29, 0.717) is 6.54 Å². The zero-order valence-electron chi connectivity index (χ0n) is 15.4. The molecule has 0 atom stereocenters. The monoisotopic (exact) mass is 396 g/mol. The summed E-state index contributed by atoms with van der Waals surface area (Å²) in [5.41, 5.74) is 0.961. The van der Waals surface area contributed by atoms with Crippen LogP contribution in [0.25, 0.3) is 16.5 Å². The third-order valence-electron chi connectivity index (χ3n) is 4.76. The Hall–Kier alpha value is -2.80. The molecule has 1 aromatic carbocycles. The fraction of sp³-hybridized carbons (Fsp3) is 0.286. The van der Waals surface area contributed by atoms with E-state index < -0.39 is 0 Å². The molecule has 0 saturated heterocycles. The lowest BCUT2D eigenvalue weighted by molar-refractivity contribution is -0.116. The van der Waals surface area contributed by atoms with E-state index in [1.165, 1.54) is 24.6 Å². The van der Waals surface area contributed by atoms with Crippen LogP contribution in [-0.2, 0) is 24.3 Å². The zero-order chi connectivity index (χ0) is 19.3. The van der Waals surface area contributed by atoms with Gasteiger partial charge in [0.1, 0.15) is 11.6 Å². The summed E-state index contributed by atoms with van der Waals surface area (Å²) >= 11 is 1.55. The first kappa shape index (κ1) is 18.6. The second-order valence-corrected chi connectivity index (χ2v) is 7.87. The molecule has 3 aromatic rings. The van der Waals surface area contributed by atoms with Crippen molar-refractivity contribution in [3.63, 3.8) is 0 Å². The van der Waals surface area contributed by atoms with Gasteiger partial charge in [-0.15, -0.1) is 21.5 Å². The third kappa shape index (κ3) is 4.36. The van der Waals surface area contributed by atoms with Gasteiger partial charge in [0.15, 0.2) is 5.82 Å². The number of halogens is 1. The van der Waals surface area contributed by atoms with Gasteiger partial charge in [0.2, 0.25) is 5.91 Å². The van der Waals surface area contributed by atoms with Crippen LogP contribution < -0.4 is 5.32 Å². The lowest BCUT2D eigenvalue weighted by Gasteiger charge is -2.06. The number of aromatic nitrogens is 3. The van der Waals surface area contributed by atoms with Crippen LogP contribution in [0.4, 0.5) is 4.39 Å². The smallest absolute Gasteiger partial charge is 0.244 e. The SMILES string of the molecule is O=C(C=Cc1ccc(-c2ccc(F)cc2)s1)NCc1nnc2n1CCCCC2. The molecule has 0 saturated carbocycles. The van der Waals surface area contributed by atoms with Crippen LogP contribution in [-0.4, -0.2) is 20.7 Å². The van der Waals surface area contributed by atoms with Crippen molar-refractivity contribution in [2.24, 2.45) is 0 Å². The maximum atomic E-state index is 13.0. The first-order valence-electron chi connectivity index (χ1n) is 9.42. The molecule has 1 N–H and O–H groups in total. The molecule has 0 spiro atoms. The van der Waals surface area contributed by atoms with Crippen molar-refractivity contribution in [3.05, 3.63) is 64.8 Å². The van der Waals surface area contributed by atoms with E-state index in [2.05, 4.69) is 20.1 Å². The molecule has 1 aliphatic heterocycles. The van der Waals surface area contributed by atoms with Gasteiger partial charge >= 0.3 is 0 Å². The van der Waals surface area contributed by atoms with Crippen LogP contribution in [0, 0.1) is 5.82 Å². The Morgan fingerprint density at radius 1 is 1.14 bits per heavy atom. The molecule has 1 aliphatic rings. The van der Waals surface area contributed by atoms with Gasteiger partial charge in [0.25, 0.3) is 0 Å². The fourth-order valence-corrected chi connectivity index (χ4v) is 4.19. The maximum Gasteiger partial charge on any atom is 0.244 e. The van der Waals surface area contributed by atoms with Crippen LogP contribution in [0.2, 0.25) is 0 Å². The number of carbonyl (C=O) groups excluding carboxylic acids is 1. The summed E-state index contributed by atoms with van der Waals surface area (Å²) in [6.07, 6.45) is 7.75. The number of amides is 1. The Kier molecular flexibility index (Phi) is 5.62. The Labute approximate surface area is 166 Å². The van der Waals surface area contributed by atoms with Crippen LogP contribution >= 0.6 is 11.3 Å². The number of benzene rings is 1. The normalized spacial score (nSPS) is 14.0. The average molecular weight is 396 g/mol. The van der Waals surface area contributed by atoms with Crippen molar-refractivity contribution in [2.45, 2.75) is 38.8 Å². The molecule has 0 unspecified atom stereocenters. The van der Waals surface area contributed by atoms with Gasteiger partial charge in [0.05, 0.1) is 6.54 Å². The number of aryl methyl sites for hydroxylation is 1. The van der Waals surface area contributed by atoms with Crippen LogP contribution in [0.5, 0.6) is 0 Å². The Bertz CT molecular complexity index is 990. The van der Waals surface area contributed by atoms with Crippen molar-refractivity contribution in [1.82, 2.24) is 20.1 Å². The fourth-order valence-electron chi connectivity index (χ4n) is 3.27. The van der Waals surface area contributed by atoms with E-state index in [1.54, 1.807) is 29.5 Å². The molecule has 1 amide bonds. The van der Waals surface area contributed by atoms with Crippen molar-refractivity contribution in [2.75, 3.05) is 0 Å². The van der Waals surface area contributed by atoms with E-state index in [4.69, 9.17) is 0 Å². The molecule has 28 heavy (non-hydrogen) atoms. The molecule has 2 aromatic heterocycles. The van der Waals surface area contributed by atoms with Crippen LogP contribution in [0.15, 0.2) is 42.5 Å². The quantitative estimate of drug-likeness (QED) is 0.658. The summed E-state index contributed by atoms with van der Waals surface area (Å²) in [5, 5.41) is 11.4. The van der Waals surface area contributed by atoms with E-state index in [1.807, 2.05) is 12.1 Å². The Balaban J connectivity index is 1.35. The third-order valence-corrected chi connectivity index (χ3v) is 5.86. The summed E-state index contributed by atoms with van der Waals surface area (Å²) in [5.74, 6) is 1.42. The molecule has 0 bridgehead atoms. The highest BCUT2D eigenvalue weighted by Gasteiger charge is 2.14. The lowest BCUT2D eigenvalue weighted by atomic mass is 10.2. The summed E-state index contributed by atoms with van der Waals surface area (Å²) in [4.78, 5) is 14.2. The number of carbonyl (C=O) groups is 1. The number of nitrogens with zero attached hydrogens (tertiary/aromatic N) is 3. The number of nitrogens with one attached hydrogen (secondary N) is 1. The van der Waals surface area contributed by atoms with Crippen molar-refractivity contribution in [3.8, 4) is 10.4 Å². The second-order valence-electron chi connectivity index (χ2n) is 6.75. The predicted octanol–water partition coefficient (Wildman–Crippen LogP) is 4.20. The minimum Gasteiger partial charge on any atom is -0.345 e. The van der Waals surface area contributed by atoms with Gasteiger partial charge in [-0.05, 0) is 48.7 Å². The van der Waals surface area contributed by atoms with E-state index in [0.717, 1.165) is 52.8 Å². The number of hydrogen-bond acceptors (Lipinski definition) is 4. The summed E-state index contributed by atoms with van der Waals surface area (Å²) in [6, 6.07) is 10.3. The molecule has 0 radical (unpaired) electrons. The standard InChI is InChI=1S/C21H21FN4OS/c22-16-7-5-15(6-8-16)18-11-9-17(28-18)10-12-21(27)23-14-20-25-24-19-4-2-1-3-13-26(19)20/h5-12H,1-4,13-14H2,(H,23,27). The Morgan fingerprint density at radius 2 is 2.00 bits per heavy atom. The number of fused-ring (bicyclic) bond motifs is 1. The maximum absolute atomic E-state index is 13.0. The van der Waals surface area contributed by atoms with Crippen molar-refractivity contribution >= 4 is 23.3 Å². The lowest BCUT2D eigenvalue weighted by Crippen LogP contribution is -2.23. The Morgan fingerprint density at radius 3 is 2.86 bits per heavy atom. The van der Waals surface area contributed by atoms with E-state index in [9.17, 15) is 9.18 Å². The highest BCUT2D eigenvalue weighted by Crippen LogP contribution is 2.28. The van der Waals surface area contributed by atoms with Gasteiger partial charge in [0, 0.05) is 28.8 Å². The molecule has 5 nitrogen and oxygen atoms in total.